The summed E-state index contributed by atoms with van der Waals surface area (Å²) in [6, 6.07) is 13.9. The van der Waals surface area contributed by atoms with Gasteiger partial charge in [0.2, 0.25) is 5.91 Å². The molecule has 0 unspecified atom stereocenters. The quantitative estimate of drug-likeness (QED) is 0.712. The Kier molecular flexibility index (Phi) is 6.73. The lowest BCUT2D eigenvalue weighted by Gasteiger charge is -2.34. The number of halogens is 1. The molecule has 3 rings (SSSR count). The molecule has 148 valence electrons. The summed E-state index contributed by atoms with van der Waals surface area (Å²) < 4.78 is 12.9. The predicted octanol–water partition coefficient (Wildman–Crippen LogP) is 4.03. The molecule has 1 heterocycles. The number of benzene rings is 2. The van der Waals surface area contributed by atoms with Crippen LogP contribution in [-0.2, 0) is 4.79 Å². The predicted molar refractivity (Wildman–Crippen MR) is 110 cm³/mol. The minimum atomic E-state index is -0.282. The van der Waals surface area contributed by atoms with Crippen molar-refractivity contribution in [2.24, 2.45) is 0 Å². The number of thioether (sulfide) groups is 1. The fourth-order valence-electron chi connectivity index (χ4n) is 3.12. The van der Waals surface area contributed by atoms with Gasteiger partial charge in [-0.1, -0.05) is 26.0 Å². The summed E-state index contributed by atoms with van der Waals surface area (Å²) in [6.45, 7) is 6.41. The van der Waals surface area contributed by atoms with Crippen LogP contribution in [0.2, 0.25) is 0 Å². The molecule has 4 nitrogen and oxygen atoms in total. The normalized spacial score (nSPS) is 14.4. The molecule has 2 aromatic rings. The van der Waals surface area contributed by atoms with Crippen molar-refractivity contribution in [1.82, 2.24) is 9.80 Å². The molecule has 0 atom stereocenters. The molecular weight excluding hydrogens is 375 g/mol. The Balaban J connectivity index is 1.48. The van der Waals surface area contributed by atoms with Gasteiger partial charge in [0.1, 0.15) is 5.82 Å². The van der Waals surface area contributed by atoms with E-state index >= 15 is 0 Å². The SMILES string of the molecule is CC(C)c1ccc(C(=O)N2CCN(C(=O)CSc3ccc(F)cc3)CC2)cc1. The van der Waals surface area contributed by atoms with Crippen molar-refractivity contribution in [2.45, 2.75) is 24.7 Å². The van der Waals surface area contributed by atoms with Gasteiger partial charge in [-0.25, -0.2) is 4.39 Å². The summed E-state index contributed by atoms with van der Waals surface area (Å²) in [5.41, 5.74) is 1.90. The number of nitrogens with zero attached hydrogens (tertiary/aromatic N) is 2. The lowest BCUT2D eigenvalue weighted by Crippen LogP contribution is -2.51. The highest BCUT2D eigenvalue weighted by Gasteiger charge is 2.24. The molecule has 0 radical (unpaired) electrons. The van der Waals surface area contributed by atoms with Gasteiger partial charge in [0, 0.05) is 36.6 Å². The summed E-state index contributed by atoms with van der Waals surface area (Å²) in [6.07, 6.45) is 0. The van der Waals surface area contributed by atoms with Crippen LogP contribution in [0.5, 0.6) is 0 Å². The van der Waals surface area contributed by atoms with Gasteiger partial charge >= 0.3 is 0 Å². The zero-order valence-electron chi connectivity index (χ0n) is 16.2. The molecule has 1 fully saturated rings. The van der Waals surface area contributed by atoms with Crippen LogP contribution in [0.25, 0.3) is 0 Å². The van der Waals surface area contributed by atoms with E-state index in [-0.39, 0.29) is 17.6 Å². The van der Waals surface area contributed by atoms with E-state index < -0.39 is 0 Å². The van der Waals surface area contributed by atoms with Gasteiger partial charge < -0.3 is 9.80 Å². The standard InChI is InChI=1S/C22H25FN2O2S/c1-16(2)17-3-5-18(6-4-17)22(27)25-13-11-24(12-14-25)21(26)15-28-20-9-7-19(23)8-10-20/h3-10,16H,11-15H2,1-2H3. The van der Waals surface area contributed by atoms with Crippen LogP contribution in [0.3, 0.4) is 0 Å². The highest BCUT2D eigenvalue weighted by atomic mass is 32.2. The van der Waals surface area contributed by atoms with Crippen molar-refractivity contribution in [2.75, 3.05) is 31.9 Å². The maximum atomic E-state index is 12.9. The number of amides is 2. The number of rotatable bonds is 5. The third kappa shape index (κ3) is 5.13. The second-order valence-corrected chi connectivity index (χ2v) is 8.24. The largest absolute Gasteiger partial charge is 0.338 e. The fourth-order valence-corrected chi connectivity index (χ4v) is 3.92. The Bertz CT molecular complexity index is 813. The number of piperazine rings is 1. The Hall–Kier alpha value is -2.34. The van der Waals surface area contributed by atoms with Gasteiger partial charge in [0.25, 0.3) is 5.91 Å². The van der Waals surface area contributed by atoms with Crippen LogP contribution in [0.1, 0.15) is 35.7 Å². The Morgan fingerprint density at radius 3 is 2.07 bits per heavy atom. The zero-order valence-corrected chi connectivity index (χ0v) is 17.0. The fraction of sp³-hybridized carbons (Fsp3) is 0.364. The maximum absolute atomic E-state index is 12.9. The molecule has 0 saturated carbocycles. The molecule has 28 heavy (non-hydrogen) atoms. The lowest BCUT2D eigenvalue weighted by molar-refractivity contribution is -0.129. The van der Waals surface area contributed by atoms with E-state index in [9.17, 15) is 14.0 Å². The lowest BCUT2D eigenvalue weighted by atomic mass is 10.0. The average molecular weight is 401 g/mol. The Morgan fingerprint density at radius 2 is 1.50 bits per heavy atom. The van der Waals surface area contributed by atoms with Gasteiger partial charge in [-0.15, -0.1) is 11.8 Å². The highest BCUT2D eigenvalue weighted by molar-refractivity contribution is 8.00. The third-order valence-electron chi connectivity index (χ3n) is 4.92. The zero-order chi connectivity index (χ0) is 20.1. The first-order valence-corrected chi connectivity index (χ1v) is 10.5. The van der Waals surface area contributed by atoms with Crippen LogP contribution < -0.4 is 0 Å². The van der Waals surface area contributed by atoms with Crippen molar-refractivity contribution in [3.8, 4) is 0 Å². The number of carbonyl (C=O) groups excluding carboxylic acids is 2. The van der Waals surface area contributed by atoms with Crippen molar-refractivity contribution in [1.29, 1.82) is 0 Å². The molecule has 2 aromatic carbocycles. The molecule has 0 N–H and O–H groups in total. The first kappa shape index (κ1) is 20.4. The minimum absolute atomic E-state index is 0.0168. The van der Waals surface area contributed by atoms with E-state index in [1.54, 1.807) is 21.9 Å². The van der Waals surface area contributed by atoms with Crippen molar-refractivity contribution < 1.29 is 14.0 Å². The molecule has 1 saturated heterocycles. The molecule has 1 aliphatic rings. The second kappa shape index (κ2) is 9.24. The Morgan fingerprint density at radius 1 is 0.929 bits per heavy atom. The number of hydrogen-bond acceptors (Lipinski definition) is 3. The maximum Gasteiger partial charge on any atom is 0.253 e. The van der Waals surface area contributed by atoms with E-state index in [0.717, 1.165) is 4.90 Å². The number of carbonyl (C=O) groups is 2. The van der Waals surface area contributed by atoms with Crippen LogP contribution in [0.4, 0.5) is 4.39 Å². The number of hydrogen-bond donors (Lipinski definition) is 0. The molecule has 0 spiro atoms. The topological polar surface area (TPSA) is 40.6 Å². The van der Waals surface area contributed by atoms with Gasteiger partial charge in [-0.3, -0.25) is 9.59 Å². The average Bonchev–Trinajstić information content (AvgIpc) is 2.73. The summed E-state index contributed by atoms with van der Waals surface area (Å²) in [5.74, 6) is 0.531. The first-order valence-electron chi connectivity index (χ1n) is 9.49. The van der Waals surface area contributed by atoms with Gasteiger partial charge in [0.15, 0.2) is 0 Å². The summed E-state index contributed by atoms with van der Waals surface area (Å²) >= 11 is 1.40. The molecule has 0 aromatic heterocycles. The van der Waals surface area contributed by atoms with Crippen molar-refractivity contribution >= 4 is 23.6 Å². The van der Waals surface area contributed by atoms with Crippen LogP contribution in [0.15, 0.2) is 53.4 Å². The summed E-state index contributed by atoms with van der Waals surface area (Å²) in [5, 5.41) is 0. The van der Waals surface area contributed by atoms with Gasteiger partial charge in [-0.2, -0.15) is 0 Å². The molecule has 0 bridgehead atoms. The second-order valence-electron chi connectivity index (χ2n) is 7.19. The molecular formula is C22H25FN2O2S. The molecule has 1 aliphatic heterocycles. The molecule has 2 amide bonds. The first-order chi connectivity index (χ1) is 13.4. The van der Waals surface area contributed by atoms with E-state index in [2.05, 4.69) is 13.8 Å². The van der Waals surface area contributed by atoms with Gasteiger partial charge in [0.05, 0.1) is 5.75 Å². The van der Waals surface area contributed by atoms with Crippen LogP contribution in [0, 0.1) is 5.82 Å². The van der Waals surface area contributed by atoms with Crippen LogP contribution >= 0.6 is 11.8 Å². The van der Waals surface area contributed by atoms with E-state index in [4.69, 9.17) is 0 Å². The monoisotopic (exact) mass is 400 g/mol. The van der Waals surface area contributed by atoms with E-state index in [1.807, 2.05) is 24.3 Å². The minimum Gasteiger partial charge on any atom is -0.338 e. The highest BCUT2D eigenvalue weighted by Crippen LogP contribution is 2.20. The summed E-state index contributed by atoms with van der Waals surface area (Å²) in [7, 11) is 0. The van der Waals surface area contributed by atoms with Crippen molar-refractivity contribution in [3.05, 3.63) is 65.5 Å². The molecule has 0 aliphatic carbocycles. The van der Waals surface area contributed by atoms with Crippen LogP contribution in [-0.4, -0.2) is 53.5 Å². The third-order valence-corrected chi connectivity index (χ3v) is 5.92. The Labute approximate surface area is 169 Å². The van der Waals surface area contributed by atoms with E-state index in [1.165, 1.54) is 29.5 Å². The summed E-state index contributed by atoms with van der Waals surface area (Å²) in [4.78, 5) is 29.6. The van der Waals surface area contributed by atoms with E-state index in [0.29, 0.717) is 43.4 Å². The smallest absolute Gasteiger partial charge is 0.253 e. The molecule has 6 heteroatoms. The van der Waals surface area contributed by atoms with Crippen molar-refractivity contribution in [3.63, 3.8) is 0 Å². The van der Waals surface area contributed by atoms with Gasteiger partial charge in [-0.05, 0) is 47.9 Å².